The van der Waals surface area contributed by atoms with Gasteiger partial charge < -0.3 is 15.5 Å². The number of rotatable bonds is 9. The molecular weight excluding hydrogens is 392 g/mol. The molecule has 1 aliphatic rings. The first-order chi connectivity index (χ1) is 14.4. The number of likely N-dealkylation sites (tertiary alicyclic amines) is 1. The van der Waals surface area contributed by atoms with Crippen molar-refractivity contribution in [3.05, 3.63) is 11.6 Å². The predicted molar refractivity (Wildman–Crippen MR) is 125 cm³/mol. The van der Waals surface area contributed by atoms with Crippen LogP contribution in [0.2, 0.25) is 0 Å². The third kappa shape index (κ3) is 7.95. The first kappa shape index (κ1) is 27.1. The molecule has 7 heteroatoms. The van der Waals surface area contributed by atoms with Gasteiger partial charge in [0.2, 0.25) is 17.7 Å². The predicted octanol–water partition coefficient (Wildman–Crippen LogP) is 2.57. The molecule has 1 fully saturated rings. The Morgan fingerprint density at radius 1 is 1.00 bits per heavy atom. The van der Waals surface area contributed by atoms with Crippen molar-refractivity contribution in [1.29, 1.82) is 0 Å². The minimum Gasteiger partial charge on any atom is -0.350 e. The van der Waals surface area contributed by atoms with E-state index < -0.39 is 6.04 Å². The van der Waals surface area contributed by atoms with Gasteiger partial charge in [0.25, 0.3) is 0 Å². The third-order valence-corrected chi connectivity index (χ3v) is 5.98. The molecule has 3 amide bonds. The number of nitrogens with zero attached hydrogens (tertiary/aromatic N) is 2. The van der Waals surface area contributed by atoms with Crippen LogP contribution in [0.3, 0.4) is 0 Å². The number of hydrogen-bond acceptors (Lipinski definition) is 4. The molecule has 0 aliphatic carbocycles. The molecule has 1 unspecified atom stereocenters. The van der Waals surface area contributed by atoms with Crippen LogP contribution < -0.4 is 10.6 Å². The van der Waals surface area contributed by atoms with Gasteiger partial charge in [-0.05, 0) is 59.0 Å². The molecule has 0 aromatic heterocycles. The van der Waals surface area contributed by atoms with Crippen molar-refractivity contribution in [1.82, 2.24) is 20.4 Å². The zero-order valence-corrected chi connectivity index (χ0v) is 21.0. The van der Waals surface area contributed by atoms with Crippen LogP contribution in [0.25, 0.3) is 0 Å². The van der Waals surface area contributed by atoms with Gasteiger partial charge in [0.15, 0.2) is 0 Å². The van der Waals surface area contributed by atoms with Crippen LogP contribution >= 0.6 is 0 Å². The highest BCUT2D eigenvalue weighted by Crippen LogP contribution is 2.19. The summed E-state index contributed by atoms with van der Waals surface area (Å²) in [4.78, 5) is 42.5. The van der Waals surface area contributed by atoms with Gasteiger partial charge >= 0.3 is 0 Å². The van der Waals surface area contributed by atoms with Gasteiger partial charge in [-0.25, -0.2) is 0 Å². The second kappa shape index (κ2) is 12.2. The fourth-order valence-electron chi connectivity index (χ4n) is 4.00. The van der Waals surface area contributed by atoms with E-state index in [1.54, 1.807) is 18.9 Å². The summed E-state index contributed by atoms with van der Waals surface area (Å²) in [5.74, 6) is -0.269. The van der Waals surface area contributed by atoms with Crippen molar-refractivity contribution in [3.8, 4) is 0 Å². The Balaban J connectivity index is 3.01. The van der Waals surface area contributed by atoms with Gasteiger partial charge in [-0.2, -0.15) is 0 Å². The molecule has 7 nitrogen and oxygen atoms in total. The Labute approximate surface area is 189 Å². The average molecular weight is 437 g/mol. The lowest BCUT2D eigenvalue weighted by atomic mass is 9.96. The van der Waals surface area contributed by atoms with Crippen molar-refractivity contribution in [3.63, 3.8) is 0 Å². The van der Waals surface area contributed by atoms with E-state index in [1.165, 1.54) is 0 Å². The summed E-state index contributed by atoms with van der Waals surface area (Å²) in [5.41, 5.74) is 0.584. The van der Waals surface area contributed by atoms with Crippen molar-refractivity contribution < 1.29 is 14.4 Å². The smallest absolute Gasteiger partial charge is 0.246 e. The molecule has 0 radical (unpaired) electrons. The summed E-state index contributed by atoms with van der Waals surface area (Å²) in [6.07, 6.45) is 4.80. The van der Waals surface area contributed by atoms with E-state index in [1.807, 2.05) is 54.7 Å². The van der Waals surface area contributed by atoms with Crippen LogP contribution in [-0.4, -0.2) is 72.3 Å². The number of hydrogen-bond donors (Lipinski definition) is 2. The number of carbonyl (C=O) groups excluding carboxylic acids is 3. The lowest BCUT2D eigenvalue weighted by Gasteiger charge is -2.36. The molecule has 1 heterocycles. The van der Waals surface area contributed by atoms with Gasteiger partial charge in [0.1, 0.15) is 6.04 Å². The highest BCUT2D eigenvalue weighted by Gasteiger charge is 2.34. The number of amides is 3. The summed E-state index contributed by atoms with van der Waals surface area (Å²) in [6, 6.07) is -0.991. The average Bonchev–Trinajstić information content (AvgIpc) is 2.68. The molecule has 178 valence electrons. The zero-order chi connectivity index (χ0) is 23.9. The Hall–Kier alpha value is -1.89. The lowest BCUT2D eigenvalue weighted by Crippen LogP contribution is -2.57. The SMILES string of the molecule is C/C(=C\[C@H](C(C)C)N(C)C(=O)[C@@H](NC(=O)C1CCCCN1C)C(C)C)C(=O)NC(C)C. The summed E-state index contributed by atoms with van der Waals surface area (Å²) < 4.78 is 0. The van der Waals surface area contributed by atoms with Crippen LogP contribution in [0.1, 0.15) is 67.7 Å². The van der Waals surface area contributed by atoms with E-state index in [0.717, 1.165) is 25.8 Å². The van der Waals surface area contributed by atoms with Crippen molar-refractivity contribution in [2.45, 2.75) is 91.9 Å². The number of nitrogens with one attached hydrogen (secondary N) is 2. The monoisotopic (exact) mass is 436 g/mol. The van der Waals surface area contributed by atoms with Crippen LogP contribution in [0.15, 0.2) is 11.6 Å². The summed E-state index contributed by atoms with van der Waals surface area (Å²) in [6.45, 7) is 14.5. The molecule has 1 rings (SSSR count). The number of likely N-dealkylation sites (N-methyl/N-ethyl adjacent to an activating group) is 2. The second-order valence-electron chi connectivity index (χ2n) is 9.88. The van der Waals surface area contributed by atoms with E-state index in [9.17, 15) is 14.4 Å². The van der Waals surface area contributed by atoms with E-state index in [0.29, 0.717) is 5.57 Å². The minimum absolute atomic E-state index is 0.0464. The number of carbonyl (C=O) groups is 3. The van der Waals surface area contributed by atoms with E-state index >= 15 is 0 Å². The van der Waals surface area contributed by atoms with Gasteiger partial charge in [-0.15, -0.1) is 0 Å². The van der Waals surface area contributed by atoms with E-state index in [-0.39, 0.29) is 47.7 Å². The highest BCUT2D eigenvalue weighted by atomic mass is 16.2. The molecule has 0 spiro atoms. The molecule has 1 aliphatic heterocycles. The molecule has 31 heavy (non-hydrogen) atoms. The molecule has 1 saturated heterocycles. The third-order valence-electron chi connectivity index (χ3n) is 5.98. The maximum Gasteiger partial charge on any atom is 0.246 e. The summed E-state index contributed by atoms with van der Waals surface area (Å²) in [5, 5.41) is 5.91. The van der Waals surface area contributed by atoms with Crippen LogP contribution in [-0.2, 0) is 14.4 Å². The van der Waals surface area contributed by atoms with Crippen LogP contribution in [0, 0.1) is 11.8 Å². The standard InChI is InChI=1S/C24H44N4O3/c1-15(2)20(14-18(7)22(29)25-17(5)6)28(9)24(31)21(16(3)4)26-23(30)19-12-10-11-13-27(19)8/h14-17,19-21H,10-13H2,1-9H3,(H,25,29)(H,26,30)/b18-14+/t19?,20-,21+/m1/s1. The zero-order valence-electron chi connectivity index (χ0n) is 21.0. The van der Waals surface area contributed by atoms with Crippen LogP contribution in [0.5, 0.6) is 0 Å². The largest absolute Gasteiger partial charge is 0.350 e. The molecule has 2 N–H and O–H groups in total. The minimum atomic E-state index is -0.604. The second-order valence-corrected chi connectivity index (χ2v) is 9.88. The fourth-order valence-corrected chi connectivity index (χ4v) is 4.00. The van der Waals surface area contributed by atoms with Crippen molar-refractivity contribution in [2.24, 2.45) is 11.8 Å². The topological polar surface area (TPSA) is 81.8 Å². The Morgan fingerprint density at radius 2 is 1.61 bits per heavy atom. The Bertz CT molecular complexity index is 657. The lowest BCUT2D eigenvalue weighted by molar-refractivity contribution is -0.139. The summed E-state index contributed by atoms with van der Waals surface area (Å²) in [7, 11) is 3.72. The molecule has 0 saturated carbocycles. The van der Waals surface area contributed by atoms with Crippen LogP contribution in [0.4, 0.5) is 0 Å². The molecule has 0 aromatic rings. The van der Waals surface area contributed by atoms with Gasteiger partial charge in [-0.1, -0.05) is 40.2 Å². The van der Waals surface area contributed by atoms with E-state index in [4.69, 9.17) is 0 Å². The van der Waals surface area contributed by atoms with E-state index in [2.05, 4.69) is 15.5 Å². The molecule has 0 bridgehead atoms. The van der Waals surface area contributed by atoms with Crippen molar-refractivity contribution in [2.75, 3.05) is 20.6 Å². The van der Waals surface area contributed by atoms with Crippen molar-refractivity contribution >= 4 is 17.7 Å². The maximum absolute atomic E-state index is 13.4. The van der Waals surface area contributed by atoms with Gasteiger partial charge in [0.05, 0.1) is 12.1 Å². The maximum atomic E-state index is 13.4. The first-order valence-corrected chi connectivity index (χ1v) is 11.6. The first-order valence-electron chi connectivity index (χ1n) is 11.6. The quantitative estimate of drug-likeness (QED) is 0.544. The Morgan fingerprint density at radius 3 is 2.10 bits per heavy atom. The number of piperidine rings is 1. The van der Waals surface area contributed by atoms with Gasteiger partial charge in [-0.3, -0.25) is 19.3 Å². The van der Waals surface area contributed by atoms with Gasteiger partial charge in [0, 0.05) is 18.7 Å². The normalized spacial score (nSPS) is 20.0. The summed E-state index contributed by atoms with van der Waals surface area (Å²) >= 11 is 0. The highest BCUT2D eigenvalue weighted by molar-refractivity contribution is 5.93. The fraction of sp³-hybridized carbons (Fsp3) is 0.792. The molecule has 3 atom stereocenters. The Kier molecular flexibility index (Phi) is 10.7. The molecule has 0 aromatic carbocycles. The molecular formula is C24H44N4O3.